The number of aromatic nitrogens is 2. The van der Waals surface area contributed by atoms with Crippen molar-refractivity contribution in [1.29, 1.82) is 0 Å². The van der Waals surface area contributed by atoms with Gasteiger partial charge in [0.1, 0.15) is 11.6 Å². The Morgan fingerprint density at radius 2 is 1.86 bits per heavy atom. The van der Waals surface area contributed by atoms with E-state index in [1.807, 2.05) is 28.1 Å². The molecule has 2 aromatic carbocycles. The zero-order chi connectivity index (χ0) is 19.7. The molecule has 0 fully saturated rings. The van der Waals surface area contributed by atoms with Crippen LogP contribution in [0.4, 0.5) is 8.78 Å². The van der Waals surface area contributed by atoms with Crippen LogP contribution in [0, 0.1) is 11.6 Å². The van der Waals surface area contributed by atoms with Crippen molar-refractivity contribution in [2.75, 3.05) is 0 Å². The van der Waals surface area contributed by atoms with E-state index in [0.29, 0.717) is 11.4 Å². The second-order valence-electron chi connectivity index (χ2n) is 6.11. The van der Waals surface area contributed by atoms with E-state index < -0.39 is 17.4 Å². The summed E-state index contributed by atoms with van der Waals surface area (Å²) in [5.74, 6) is -2.11. The molecular formula is C21H14F2N2O2S. The summed E-state index contributed by atoms with van der Waals surface area (Å²) in [6.45, 7) is -0.0516. The number of allylic oxidation sites excluding steroid dienone is 1. The Morgan fingerprint density at radius 1 is 1.14 bits per heavy atom. The summed E-state index contributed by atoms with van der Waals surface area (Å²) in [5.41, 5.74) is 2.90. The molecule has 7 heteroatoms. The average molecular weight is 396 g/mol. The lowest BCUT2D eigenvalue weighted by Gasteiger charge is -2.02. The fourth-order valence-corrected chi connectivity index (χ4v) is 3.61. The van der Waals surface area contributed by atoms with E-state index in [1.165, 1.54) is 17.4 Å². The van der Waals surface area contributed by atoms with Gasteiger partial charge in [-0.05, 0) is 29.8 Å². The first-order valence-electron chi connectivity index (χ1n) is 8.39. The van der Waals surface area contributed by atoms with Crippen LogP contribution in [-0.4, -0.2) is 20.3 Å². The molecule has 2 aromatic heterocycles. The third-order valence-corrected chi connectivity index (χ3v) is 5.01. The molecule has 0 unspecified atom stereocenters. The molecular weight excluding hydrogens is 382 g/mol. The van der Waals surface area contributed by atoms with Crippen LogP contribution in [0.15, 0.2) is 60.1 Å². The van der Waals surface area contributed by atoms with E-state index in [1.54, 1.807) is 18.2 Å². The molecule has 4 nitrogen and oxygen atoms in total. The third kappa shape index (κ3) is 3.49. The molecule has 28 heavy (non-hydrogen) atoms. The Bertz CT molecular complexity index is 1170. The first kappa shape index (κ1) is 18.2. The van der Waals surface area contributed by atoms with E-state index in [4.69, 9.17) is 0 Å². The Morgan fingerprint density at radius 3 is 2.54 bits per heavy atom. The largest absolute Gasteiger partial charge is 0.392 e. The smallest absolute Gasteiger partial charge is 0.194 e. The Hall–Kier alpha value is -3.16. The van der Waals surface area contributed by atoms with E-state index in [0.717, 1.165) is 34.3 Å². The highest BCUT2D eigenvalue weighted by Gasteiger charge is 2.14. The fraction of sp³-hybridized carbons (Fsp3) is 0.0476. The van der Waals surface area contributed by atoms with Crippen LogP contribution < -0.4 is 0 Å². The van der Waals surface area contributed by atoms with Crippen LogP contribution in [0.25, 0.3) is 22.3 Å². The number of halogens is 2. The number of hydrogen-bond acceptors (Lipinski definition) is 4. The number of nitrogens with zero attached hydrogens (tertiary/aromatic N) is 2. The lowest BCUT2D eigenvalue weighted by Crippen LogP contribution is -1.97. The van der Waals surface area contributed by atoms with Gasteiger partial charge in [-0.3, -0.25) is 9.20 Å². The first-order chi connectivity index (χ1) is 13.5. The second kappa shape index (κ2) is 7.46. The molecule has 0 atom stereocenters. The molecule has 0 aliphatic rings. The zero-order valence-electron chi connectivity index (χ0n) is 14.5. The molecule has 0 aliphatic carbocycles. The standard InChI is InChI=1S/C21H14F2N2O2S/c22-16-9-15(10-17(23)11-16)19(27)6-5-18-20(24-21-25(18)7-8-28-21)14-3-1-13(12-26)2-4-14/h1-11,26H,12H2/b6-5+. The summed E-state index contributed by atoms with van der Waals surface area (Å²) in [7, 11) is 0. The molecule has 140 valence electrons. The molecule has 0 amide bonds. The number of aliphatic hydroxyl groups is 1. The summed E-state index contributed by atoms with van der Waals surface area (Å²) in [4.78, 5) is 17.7. The molecule has 0 bridgehead atoms. The van der Waals surface area contributed by atoms with Crippen molar-refractivity contribution in [3.8, 4) is 11.3 Å². The van der Waals surface area contributed by atoms with Crippen molar-refractivity contribution in [2.24, 2.45) is 0 Å². The number of rotatable bonds is 5. The molecule has 4 aromatic rings. The van der Waals surface area contributed by atoms with Crippen molar-refractivity contribution in [1.82, 2.24) is 9.38 Å². The van der Waals surface area contributed by atoms with Gasteiger partial charge in [-0.1, -0.05) is 24.3 Å². The van der Waals surface area contributed by atoms with Crippen molar-refractivity contribution in [3.63, 3.8) is 0 Å². The molecule has 0 saturated heterocycles. The minimum absolute atomic E-state index is 0.0516. The minimum Gasteiger partial charge on any atom is -0.392 e. The normalized spacial score (nSPS) is 11.5. The predicted octanol–water partition coefficient (Wildman–Crippen LogP) is 4.73. The Labute approximate surface area is 163 Å². The summed E-state index contributed by atoms with van der Waals surface area (Å²) in [6, 6.07) is 10.0. The van der Waals surface area contributed by atoms with Crippen LogP contribution in [0.1, 0.15) is 21.6 Å². The Kier molecular flexibility index (Phi) is 4.85. The maximum absolute atomic E-state index is 13.4. The van der Waals surface area contributed by atoms with Crippen LogP contribution in [-0.2, 0) is 6.61 Å². The molecule has 0 saturated carbocycles. The predicted molar refractivity (Wildman–Crippen MR) is 104 cm³/mol. The van der Waals surface area contributed by atoms with Crippen LogP contribution in [0.2, 0.25) is 0 Å². The summed E-state index contributed by atoms with van der Waals surface area (Å²) >= 11 is 1.45. The van der Waals surface area contributed by atoms with Gasteiger partial charge in [0.15, 0.2) is 10.7 Å². The Balaban J connectivity index is 1.73. The molecule has 0 radical (unpaired) electrons. The van der Waals surface area contributed by atoms with Crippen LogP contribution in [0.5, 0.6) is 0 Å². The number of aliphatic hydroxyl groups excluding tert-OH is 1. The van der Waals surface area contributed by atoms with Gasteiger partial charge >= 0.3 is 0 Å². The van der Waals surface area contributed by atoms with E-state index in [2.05, 4.69) is 4.98 Å². The SMILES string of the molecule is O=C(/C=C/c1c(-c2ccc(CO)cc2)nc2sccn12)c1cc(F)cc(F)c1. The monoisotopic (exact) mass is 396 g/mol. The highest BCUT2D eigenvalue weighted by molar-refractivity contribution is 7.15. The summed E-state index contributed by atoms with van der Waals surface area (Å²) < 4.78 is 28.6. The fourth-order valence-electron chi connectivity index (χ4n) is 2.89. The number of fused-ring (bicyclic) bond motifs is 1. The highest BCUT2D eigenvalue weighted by atomic mass is 32.1. The lowest BCUT2D eigenvalue weighted by atomic mass is 10.1. The number of hydrogen-bond donors (Lipinski definition) is 1. The number of thiazole rings is 1. The van der Waals surface area contributed by atoms with Crippen LogP contribution in [0.3, 0.4) is 0 Å². The van der Waals surface area contributed by atoms with Gasteiger partial charge in [0.05, 0.1) is 18.0 Å². The third-order valence-electron chi connectivity index (χ3n) is 4.25. The topological polar surface area (TPSA) is 54.6 Å². The van der Waals surface area contributed by atoms with Gasteiger partial charge in [-0.25, -0.2) is 13.8 Å². The van der Waals surface area contributed by atoms with Crippen molar-refractivity contribution in [3.05, 3.63) is 88.6 Å². The van der Waals surface area contributed by atoms with Gasteiger partial charge in [-0.15, -0.1) is 11.3 Å². The summed E-state index contributed by atoms with van der Waals surface area (Å²) in [6.07, 6.45) is 4.71. The number of ketones is 1. The number of imidazole rings is 1. The minimum atomic E-state index is -0.800. The number of benzene rings is 2. The van der Waals surface area contributed by atoms with E-state index >= 15 is 0 Å². The van der Waals surface area contributed by atoms with Crippen molar-refractivity contribution in [2.45, 2.75) is 6.61 Å². The number of carbonyl (C=O) groups excluding carboxylic acids is 1. The zero-order valence-corrected chi connectivity index (χ0v) is 15.3. The van der Waals surface area contributed by atoms with Crippen LogP contribution >= 0.6 is 11.3 Å². The van der Waals surface area contributed by atoms with Crippen molar-refractivity contribution < 1.29 is 18.7 Å². The average Bonchev–Trinajstić information content (AvgIpc) is 3.27. The van der Waals surface area contributed by atoms with Gasteiger partial charge in [0, 0.05) is 28.8 Å². The highest BCUT2D eigenvalue weighted by Crippen LogP contribution is 2.28. The maximum atomic E-state index is 13.4. The molecule has 4 rings (SSSR count). The molecule has 0 spiro atoms. The van der Waals surface area contributed by atoms with Gasteiger partial charge in [0.25, 0.3) is 0 Å². The molecule has 1 N–H and O–H groups in total. The maximum Gasteiger partial charge on any atom is 0.194 e. The van der Waals surface area contributed by atoms with E-state index in [9.17, 15) is 18.7 Å². The number of carbonyl (C=O) groups is 1. The van der Waals surface area contributed by atoms with Gasteiger partial charge < -0.3 is 5.11 Å². The second-order valence-corrected chi connectivity index (χ2v) is 6.98. The van der Waals surface area contributed by atoms with E-state index in [-0.39, 0.29) is 12.2 Å². The van der Waals surface area contributed by atoms with Gasteiger partial charge in [-0.2, -0.15) is 0 Å². The lowest BCUT2D eigenvalue weighted by molar-refractivity contribution is 0.104. The van der Waals surface area contributed by atoms with Gasteiger partial charge in [0.2, 0.25) is 0 Å². The van der Waals surface area contributed by atoms with Crippen molar-refractivity contribution >= 4 is 28.2 Å². The quantitative estimate of drug-likeness (QED) is 0.392. The summed E-state index contributed by atoms with van der Waals surface area (Å²) in [5, 5.41) is 11.1. The first-order valence-corrected chi connectivity index (χ1v) is 9.27. The molecule has 2 heterocycles. The molecule has 0 aliphatic heterocycles.